The van der Waals surface area contributed by atoms with E-state index in [0.717, 1.165) is 11.8 Å². The standard InChI is InChI=1S/C8H12/c1-2-4-8-6-5-7(8)3-1/h1-2,7-8H,3-6H2/t7-,8?/m1/s1. The van der Waals surface area contributed by atoms with Crippen LogP contribution in [0.4, 0.5) is 0 Å². The summed E-state index contributed by atoms with van der Waals surface area (Å²) in [5, 5.41) is 0. The lowest BCUT2D eigenvalue weighted by molar-refractivity contribution is 0.172. The Morgan fingerprint density at radius 1 is 0.875 bits per heavy atom. The molecule has 0 spiro atoms. The molecule has 1 fully saturated rings. The number of rotatable bonds is 0. The van der Waals surface area contributed by atoms with Crippen molar-refractivity contribution in [1.82, 2.24) is 0 Å². The molecule has 2 aliphatic rings. The molecule has 0 N–H and O–H groups in total. The van der Waals surface area contributed by atoms with Gasteiger partial charge in [0, 0.05) is 0 Å². The molecule has 44 valence electrons. The molecule has 0 aromatic carbocycles. The number of allylic oxidation sites excluding steroid dienone is 2. The lowest BCUT2D eigenvalue weighted by Crippen LogP contribution is -2.26. The molecule has 0 nitrogen and oxygen atoms in total. The van der Waals surface area contributed by atoms with Crippen LogP contribution in [0.3, 0.4) is 0 Å². The van der Waals surface area contributed by atoms with Gasteiger partial charge in [-0.25, -0.2) is 0 Å². The van der Waals surface area contributed by atoms with Gasteiger partial charge >= 0.3 is 0 Å². The van der Waals surface area contributed by atoms with E-state index < -0.39 is 0 Å². The van der Waals surface area contributed by atoms with Crippen LogP contribution in [0, 0.1) is 11.8 Å². The largest absolute Gasteiger partial charge is 0.0882 e. The predicted molar refractivity (Wildman–Crippen MR) is 34.6 cm³/mol. The Morgan fingerprint density at radius 3 is 1.62 bits per heavy atom. The fourth-order valence-electron chi connectivity index (χ4n) is 1.80. The Kier molecular flexibility index (Phi) is 0.927. The summed E-state index contributed by atoms with van der Waals surface area (Å²) in [6, 6.07) is 0. The first kappa shape index (κ1) is 4.60. The van der Waals surface area contributed by atoms with Gasteiger partial charge < -0.3 is 0 Å². The van der Waals surface area contributed by atoms with Gasteiger partial charge in [-0.15, -0.1) is 0 Å². The molecule has 0 aromatic heterocycles. The average molecular weight is 108 g/mol. The minimum atomic E-state index is 1.10. The zero-order valence-corrected chi connectivity index (χ0v) is 5.14. The molecule has 2 rings (SSSR count). The molecule has 0 amide bonds. The second-order valence-corrected chi connectivity index (χ2v) is 3.04. The summed E-state index contributed by atoms with van der Waals surface area (Å²) in [5.74, 6) is 2.19. The van der Waals surface area contributed by atoms with Gasteiger partial charge in [-0.1, -0.05) is 12.2 Å². The molecule has 1 saturated carbocycles. The van der Waals surface area contributed by atoms with Crippen LogP contribution in [-0.2, 0) is 0 Å². The van der Waals surface area contributed by atoms with E-state index in [1.54, 1.807) is 0 Å². The van der Waals surface area contributed by atoms with Crippen LogP contribution in [-0.4, -0.2) is 0 Å². The Hall–Kier alpha value is -0.260. The van der Waals surface area contributed by atoms with E-state index in [1.807, 2.05) is 0 Å². The third-order valence-electron chi connectivity index (χ3n) is 2.62. The first-order valence-electron chi connectivity index (χ1n) is 3.62. The Balaban J connectivity index is 2.05. The molecule has 0 bridgehead atoms. The van der Waals surface area contributed by atoms with Crippen LogP contribution in [0.1, 0.15) is 25.7 Å². The van der Waals surface area contributed by atoms with Crippen molar-refractivity contribution in [2.24, 2.45) is 11.8 Å². The van der Waals surface area contributed by atoms with Crippen molar-refractivity contribution in [3.8, 4) is 0 Å². The minimum Gasteiger partial charge on any atom is -0.0882 e. The fraction of sp³-hybridized carbons (Fsp3) is 0.750. The zero-order valence-electron chi connectivity index (χ0n) is 5.14. The maximum Gasteiger partial charge on any atom is -0.0319 e. The lowest BCUT2D eigenvalue weighted by Gasteiger charge is -2.37. The molecule has 0 radical (unpaired) electrons. The number of hydrogen-bond acceptors (Lipinski definition) is 0. The van der Waals surface area contributed by atoms with Crippen LogP contribution >= 0.6 is 0 Å². The van der Waals surface area contributed by atoms with E-state index in [-0.39, 0.29) is 0 Å². The molecule has 8 heavy (non-hydrogen) atoms. The zero-order chi connectivity index (χ0) is 5.40. The maximum atomic E-state index is 2.35. The molecule has 2 atom stereocenters. The second kappa shape index (κ2) is 1.61. The molecule has 0 saturated heterocycles. The monoisotopic (exact) mass is 108 g/mol. The highest BCUT2D eigenvalue weighted by Crippen LogP contribution is 2.41. The van der Waals surface area contributed by atoms with Gasteiger partial charge in [-0.05, 0) is 37.5 Å². The summed E-state index contributed by atoms with van der Waals surface area (Å²) in [5.41, 5.74) is 0. The highest BCUT2D eigenvalue weighted by atomic mass is 14.3. The highest BCUT2D eigenvalue weighted by Gasteiger charge is 2.29. The van der Waals surface area contributed by atoms with Gasteiger partial charge in [0.1, 0.15) is 0 Å². The smallest absolute Gasteiger partial charge is 0.0319 e. The van der Waals surface area contributed by atoms with Crippen molar-refractivity contribution < 1.29 is 0 Å². The van der Waals surface area contributed by atoms with Crippen LogP contribution in [0.25, 0.3) is 0 Å². The van der Waals surface area contributed by atoms with Gasteiger partial charge in [0.15, 0.2) is 0 Å². The summed E-state index contributed by atoms with van der Waals surface area (Å²) in [6.07, 6.45) is 10.5. The van der Waals surface area contributed by atoms with E-state index >= 15 is 0 Å². The van der Waals surface area contributed by atoms with Crippen molar-refractivity contribution >= 4 is 0 Å². The summed E-state index contributed by atoms with van der Waals surface area (Å²) >= 11 is 0. The van der Waals surface area contributed by atoms with Crippen molar-refractivity contribution in [1.29, 1.82) is 0 Å². The predicted octanol–water partition coefficient (Wildman–Crippen LogP) is 2.36. The normalized spacial score (nSPS) is 43.0. The molecule has 0 aromatic rings. The lowest BCUT2D eigenvalue weighted by atomic mass is 9.68. The van der Waals surface area contributed by atoms with E-state index in [4.69, 9.17) is 0 Å². The Bertz CT molecular complexity index is 99.2. The molecular weight excluding hydrogens is 96.1 g/mol. The summed E-state index contributed by atoms with van der Waals surface area (Å²) in [7, 11) is 0. The van der Waals surface area contributed by atoms with Crippen molar-refractivity contribution in [3.63, 3.8) is 0 Å². The Labute approximate surface area is 50.6 Å². The van der Waals surface area contributed by atoms with E-state index in [1.165, 1.54) is 25.7 Å². The molecule has 2 aliphatic carbocycles. The second-order valence-electron chi connectivity index (χ2n) is 3.04. The fourth-order valence-corrected chi connectivity index (χ4v) is 1.80. The van der Waals surface area contributed by atoms with Gasteiger partial charge in [0.2, 0.25) is 0 Å². The first-order valence-corrected chi connectivity index (χ1v) is 3.62. The molecular formula is C8H12. The van der Waals surface area contributed by atoms with Crippen molar-refractivity contribution in [2.45, 2.75) is 25.7 Å². The number of fused-ring (bicyclic) bond motifs is 1. The van der Waals surface area contributed by atoms with Gasteiger partial charge in [0.05, 0.1) is 0 Å². The van der Waals surface area contributed by atoms with Gasteiger partial charge in [-0.3, -0.25) is 0 Å². The SMILES string of the molecule is C1=CC[C@@H]2CCC2C1. The van der Waals surface area contributed by atoms with E-state index in [9.17, 15) is 0 Å². The molecule has 0 heterocycles. The van der Waals surface area contributed by atoms with Crippen molar-refractivity contribution in [2.75, 3.05) is 0 Å². The maximum absolute atomic E-state index is 2.35. The summed E-state index contributed by atoms with van der Waals surface area (Å²) in [6.45, 7) is 0. The van der Waals surface area contributed by atoms with Crippen LogP contribution in [0.2, 0.25) is 0 Å². The summed E-state index contributed by atoms with van der Waals surface area (Å²) < 4.78 is 0. The average Bonchev–Trinajstić information content (AvgIpc) is 1.72. The topological polar surface area (TPSA) is 0 Å². The van der Waals surface area contributed by atoms with Crippen LogP contribution < -0.4 is 0 Å². The van der Waals surface area contributed by atoms with Gasteiger partial charge in [-0.2, -0.15) is 0 Å². The van der Waals surface area contributed by atoms with E-state index in [2.05, 4.69) is 12.2 Å². The van der Waals surface area contributed by atoms with Crippen LogP contribution in [0.5, 0.6) is 0 Å². The third kappa shape index (κ3) is 0.521. The van der Waals surface area contributed by atoms with Gasteiger partial charge in [0.25, 0.3) is 0 Å². The Morgan fingerprint density at radius 2 is 1.38 bits per heavy atom. The molecule has 0 aliphatic heterocycles. The third-order valence-corrected chi connectivity index (χ3v) is 2.62. The van der Waals surface area contributed by atoms with Crippen LogP contribution in [0.15, 0.2) is 12.2 Å². The van der Waals surface area contributed by atoms with Crippen molar-refractivity contribution in [3.05, 3.63) is 12.2 Å². The molecule has 1 unspecified atom stereocenters. The highest BCUT2D eigenvalue weighted by molar-refractivity contribution is 4.98. The van der Waals surface area contributed by atoms with E-state index in [0.29, 0.717) is 0 Å². The first-order chi connectivity index (χ1) is 3.97. The number of hydrogen-bond donors (Lipinski definition) is 0. The minimum absolute atomic E-state index is 1.10. The molecule has 0 heteroatoms. The quantitative estimate of drug-likeness (QED) is 0.418. The summed E-state index contributed by atoms with van der Waals surface area (Å²) in [4.78, 5) is 0.